The second-order valence-electron chi connectivity index (χ2n) is 7.60. The van der Waals surface area contributed by atoms with Crippen LogP contribution in [0.15, 0.2) is 68.8 Å². The molecule has 0 saturated carbocycles. The molecule has 7 heteroatoms. The Morgan fingerprint density at radius 3 is 1.66 bits per heavy atom. The predicted octanol–water partition coefficient (Wildman–Crippen LogP) is 7.83. The minimum Gasteiger partial charge on any atom is -0.456 e. The zero-order valence-corrected chi connectivity index (χ0v) is 19.4. The van der Waals surface area contributed by atoms with Gasteiger partial charge in [0.1, 0.15) is 23.0 Å². The summed E-state index contributed by atoms with van der Waals surface area (Å²) in [5.74, 6) is 2.86. The Kier molecular flexibility index (Phi) is 7.25. The Balaban J connectivity index is 1.63. The first-order valence-electron chi connectivity index (χ1n) is 10.8. The third-order valence-electron chi connectivity index (χ3n) is 5.42. The lowest BCUT2D eigenvalue weighted by atomic mass is 9.91. The monoisotopic (exact) mass is 474 g/mol. The summed E-state index contributed by atoms with van der Waals surface area (Å²) >= 11 is 1.65. The third kappa shape index (κ3) is 5.23. The molecule has 0 N–H and O–H groups in total. The van der Waals surface area contributed by atoms with Gasteiger partial charge in [-0.25, -0.2) is 20.2 Å². The molecule has 3 aromatic heterocycles. The van der Waals surface area contributed by atoms with E-state index in [0.29, 0.717) is 11.5 Å². The first-order chi connectivity index (χ1) is 17.2. The van der Waals surface area contributed by atoms with E-state index >= 15 is 0 Å². The van der Waals surface area contributed by atoms with Gasteiger partial charge in [0.15, 0.2) is 0 Å². The van der Waals surface area contributed by atoms with Crippen molar-refractivity contribution < 1.29 is 8.83 Å². The number of nitriles is 2. The highest BCUT2D eigenvalue weighted by Gasteiger charge is 2.25. The van der Waals surface area contributed by atoms with E-state index in [0.717, 1.165) is 47.0 Å². The summed E-state index contributed by atoms with van der Waals surface area (Å²) in [5, 5.41) is 17.7. The van der Waals surface area contributed by atoms with Gasteiger partial charge in [0.2, 0.25) is 0 Å². The normalized spacial score (nSPS) is 13.8. The highest BCUT2D eigenvalue weighted by molar-refractivity contribution is 7.19. The number of rotatable bonds is 6. The number of hydrogen-bond acceptors (Lipinski definition) is 5. The molecule has 1 aliphatic rings. The highest BCUT2D eigenvalue weighted by Crippen LogP contribution is 2.46. The van der Waals surface area contributed by atoms with Crippen molar-refractivity contribution in [2.75, 3.05) is 0 Å². The van der Waals surface area contributed by atoms with E-state index in [1.165, 1.54) is 23.3 Å². The van der Waals surface area contributed by atoms with Crippen LogP contribution in [0.1, 0.15) is 35.5 Å². The molecule has 3 heterocycles. The van der Waals surface area contributed by atoms with Crippen LogP contribution in [-0.4, -0.2) is 0 Å². The second kappa shape index (κ2) is 10.9. The Morgan fingerprint density at radius 2 is 1.26 bits per heavy atom. The van der Waals surface area contributed by atoms with Crippen molar-refractivity contribution in [1.29, 1.82) is 10.5 Å². The largest absolute Gasteiger partial charge is 0.456 e. The van der Waals surface area contributed by atoms with Crippen LogP contribution in [0.3, 0.4) is 0 Å². The van der Waals surface area contributed by atoms with Crippen LogP contribution >= 0.6 is 11.3 Å². The molecule has 3 aromatic rings. The van der Waals surface area contributed by atoms with Crippen molar-refractivity contribution in [3.63, 3.8) is 0 Å². The van der Waals surface area contributed by atoms with Gasteiger partial charge in [-0.2, -0.15) is 0 Å². The van der Waals surface area contributed by atoms with Crippen LogP contribution in [0.4, 0.5) is 0 Å². The van der Waals surface area contributed by atoms with Gasteiger partial charge in [0, 0.05) is 0 Å². The average molecular weight is 475 g/mol. The smallest absolute Gasteiger partial charge is 0.261 e. The number of thiophene rings is 1. The van der Waals surface area contributed by atoms with E-state index in [1.54, 1.807) is 35.6 Å². The van der Waals surface area contributed by atoms with Crippen LogP contribution in [0.2, 0.25) is 0 Å². The van der Waals surface area contributed by atoms with E-state index in [9.17, 15) is 0 Å². The first kappa shape index (κ1) is 23.3. The zero-order chi connectivity index (χ0) is 24.6. The summed E-state index contributed by atoms with van der Waals surface area (Å²) in [6.07, 6.45) is 13.9. The van der Waals surface area contributed by atoms with Crippen LogP contribution in [0.5, 0.6) is 0 Å². The highest BCUT2D eigenvalue weighted by atomic mass is 32.1. The molecular formula is C28H18N4O2S. The van der Waals surface area contributed by atoms with Crippen LogP contribution in [0, 0.1) is 35.8 Å². The first-order valence-corrected chi connectivity index (χ1v) is 11.6. The molecule has 1 aliphatic carbocycles. The van der Waals surface area contributed by atoms with Gasteiger partial charge < -0.3 is 8.83 Å². The van der Waals surface area contributed by atoms with E-state index < -0.39 is 0 Å². The second-order valence-corrected chi connectivity index (χ2v) is 8.62. The van der Waals surface area contributed by atoms with Crippen molar-refractivity contribution >= 4 is 23.5 Å². The minimum atomic E-state index is 0.0191. The number of nitrogens with zero attached hydrogens (tertiary/aromatic N) is 4. The fourth-order valence-corrected chi connectivity index (χ4v) is 5.15. The molecule has 0 aliphatic heterocycles. The van der Waals surface area contributed by atoms with Crippen molar-refractivity contribution in [2.24, 2.45) is 0 Å². The Hall–Kier alpha value is -4.82. The van der Waals surface area contributed by atoms with E-state index in [1.807, 2.05) is 36.4 Å². The van der Waals surface area contributed by atoms with Gasteiger partial charge in [0.25, 0.3) is 11.4 Å². The summed E-state index contributed by atoms with van der Waals surface area (Å²) in [4.78, 5) is 8.45. The molecule has 0 spiro atoms. The average Bonchev–Trinajstić information content (AvgIpc) is 3.63. The van der Waals surface area contributed by atoms with Gasteiger partial charge >= 0.3 is 0 Å². The van der Waals surface area contributed by atoms with Gasteiger partial charge in [0.05, 0.1) is 35.0 Å². The van der Waals surface area contributed by atoms with E-state index in [2.05, 4.69) is 9.69 Å². The Labute approximate surface area is 207 Å². The summed E-state index contributed by atoms with van der Waals surface area (Å²) in [6.45, 7) is 13.9. The fourth-order valence-electron chi connectivity index (χ4n) is 3.83. The minimum absolute atomic E-state index is 0.0191. The summed E-state index contributed by atoms with van der Waals surface area (Å²) in [6, 6.07) is 11.3. The summed E-state index contributed by atoms with van der Waals surface area (Å²) in [5.41, 5.74) is 2.64. The third-order valence-corrected chi connectivity index (χ3v) is 6.72. The number of fused-ring (bicyclic) bond motifs is 1. The maximum absolute atomic E-state index is 8.85. The molecular weight excluding hydrogens is 456 g/mol. The predicted molar refractivity (Wildman–Crippen MR) is 135 cm³/mol. The van der Waals surface area contributed by atoms with E-state index in [-0.39, 0.29) is 11.4 Å². The molecule has 0 saturated heterocycles. The number of hydrogen-bond donors (Lipinski definition) is 0. The molecule has 0 aromatic carbocycles. The Morgan fingerprint density at radius 1 is 0.800 bits per heavy atom. The van der Waals surface area contributed by atoms with Gasteiger partial charge in [-0.05, 0) is 85.4 Å². The molecule has 0 bridgehead atoms. The summed E-state index contributed by atoms with van der Waals surface area (Å²) < 4.78 is 12.1. The lowest BCUT2D eigenvalue weighted by molar-refractivity contribution is 0.570. The molecule has 0 radical (unpaired) electrons. The fraction of sp³-hybridized carbons (Fsp3) is 0.143. The van der Waals surface area contributed by atoms with Crippen molar-refractivity contribution in [2.45, 2.75) is 25.7 Å². The molecule has 0 unspecified atom stereocenters. The summed E-state index contributed by atoms with van der Waals surface area (Å²) in [7, 11) is 0. The van der Waals surface area contributed by atoms with Gasteiger partial charge in [-0.3, -0.25) is 0 Å². The number of furan rings is 2. The van der Waals surface area contributed by atoms with Gasteiger partial charge in [-0.1, -0.05) is 12.2 Å². The zero-order valence-electron chi connectivity index (χ0n) is 18.6. The van der Waals surface area contributed by atoms with Crippen molar-refractivity contribution in [3.05, 3.63) is 105 Å². The SMILES string of the molecule is [C-]#[N+]/C(C#N)=C\C=C\c1ccc(-c2sc(-c3ccc(/C=C/C=C(\C#N)[N+]#[C-])o3)c3c2CCCC3)o1. The van der Waals surface area contributed by atoms with Crippen LogP contribution in [-0.2, 0) is 12.8 Å². The molecule has 6 nitrogen and oxygen atoms in total. The molecule has 0 amide bonds. The molecule has 0 fully saturated rings. The molecule has 0 atom stereocenters. The standard InChI is InChI=1S/C28H18N4O2S/c1-31-19(17-29)7-5-9-21-13-15-25(33-21)27-23-11-3-4-12-24(23)28(35-27)26-16-14-22(34-26)10-6-8-20(18-30)32-2/h5-10,13-16H,3-4,11-12H2/b9-5+,10-6+,19-7-,20-8+. The molecule has 35 heavy (non-hydrogen) atoms. The van der Waals surface area contributed by atoms with Crippen molar-refractivity contribution in [1.82, 2.24) is 0 Å². The maximum Gasteiger partial charge on any atom is 0.261 e. The Bertz CT molecular complexity index is 1400. The maximum atomic E-state index is 8.85. The lowest BCUT2D eigenvalue weighted by Gasteiger charge is -2.13. The van der Waals surface area contributed by atoms with Crippen LogP contribution in [0.25, 0.3) is 43.1 Å². The van der Waals surface area contributed by atoms with E-state index in [4.69, 9.17) is 32.5 Å². The molecule has 4 rings (SSSR count). The topological polar surface area (TPSA) is 82.6 Å². The molecule has 168 valence electrons. The number of allylic oxidation sites excluding steroid dienone is 6. The van der Waals surface area contributed by atoms with Crippen LogP contribution < -0.4 is 0 Å². The quantitative estimate of drug-likeness (QED) is 0.207. The van der Waals surface area contributed by atoms with Gasteiger partial charge in [-0.15, -0.1) is 11.3 Å². The lowest BCUT2D eigenvalue weighted by Crippen LogP contribution is -2.01. The van der Waals surface area contributed by atoms with Crippen molar-refractivity contribution in [3.8, 4) is 33.4 Å².